The van der Waals surface area contributed by atoms with E-state index in [0.717, 1.165) is 5.56 Å². The van der Waals surface area contributed by atoms with Crippen molar-refractivity contribution in [1.82, 2.24) is 10.2 Å². The van der Waals surface area contributed by atoms with Crippen molar-refractivity contribution >= 4 is 44.9 Å². The zero-order chi connectivity index (χ0) is 23.3. The summed E-state index contributed by atoms with van der Waals surface area (Å²) in [6.07, 6.45) is 1.66. The molecule has 1 aliphatic heterocycles. The second-order valence-electron chi connectivity index (χ2n) is 7.62. The highest BCUT2D eigenvalue weighted by Crippen LogP contribution is 2.42. The third-order valence-electron chi connectivity index (χ3n) is 5.44. The fourth-order valence-corrected chi connectivity index (χ4v) is 4.77. The quantitative estimate of drug-likeness (QED) is 0.364. The lowest BCUT2D eigenvalue weighted by molar-refractivity contribution is 0.0970. The average Bonchev–Trinajstić information content (AvgIpc) is 3.35. The molecule has 1 unspecified atom stereocenters. The maximum Gasteiger partial charge on any atom is 0.297 e. The lowest BCUT2D eigenvalue weighted by atomic mass is 9.98. The summed E-state index contributed by atoms with van der Waals surface area (Å²) >= 11 is 7.55. The van der Waals surface area contributed by atoms with Gasteiger partial charge >= 0.3 is 0 Å². The van der Waals surface area contributed by atoms with E-state index < -0.39 is 11.9 Å². The first kappa shape index (κ1) is 21.4. The molecule has 0 aliphatic carbocycles. The summed E-state index contributed by atoms with van der Waals surface area (Å²) in [4.78, 5) is 28.6. The van der Waals surface area contributed by atoms with Crippen LogP contribution < -0.4 is 15.1 Å². The zero-order valence-electron chi connectivity index (χ0n) is 17.8. The number of fused-ring (bicyclic) bond motifs is 2. The molecule has 166 valence electrons. The molecule has 2 aromatic heterocycles. The van der Waals surface area contributed by atoms with Crippen LogP contribution in [0.4, 0.5) is 5.13 Å². The summed E-state index contributed by atoms with van der Waals surface area (Å²) in [7, 11) is 0. The SMILES string of the molecule is C=CCOc1ccc(C2c3c(oc4cc(C)c(Cl)cc4c3=O)C(=O)N2c2nnc(C)s2)cc1. The van der Waals surface area contributed by atoms with Crippen molar-refractivity contribution < 1.29 is 13.9 Å². The molecule has 3 heterocycles. The molecule has 7 nitrogen and oxygen atoms in total. The molecule has 9 heteroatoms. The first-order valence-corrected chi connectivity index (χ1v) is 11.3. The molecule has 1 atom stereocenters. The van der Waals surface area contributed by atoms with Crippen LogP contribution in [0.5, 0.6) is 5.75 Å². The highest BCUT2D eigenvalue weighted by atomic mass is 35.5. The standard InChI is InChI=1S/C24H18ClN3O4S/c1-4-9-31-15-7-5-14(6-8-15)20-19-21(29)16-11-17(25)12(2)10-18(16)32-22(19)23(30)28(20)24-27-26-13(3)33-24/h4-8,10-11,20H,1,9H2,2-3H3. The maximum atomic E-state index is 13.6. The number of nitrogens with zero attached hydrogens (tertiary/aromatic N) is 3. The summed E-state index contributed by atoms with van der Waals surface area (Å²) in [6, 6.07) is 9.74. The van der Waals surface area contributed by atoms with Crippen molar-refractivity contribution in [1.29, 1.82) is 0 Å². The van der Waals surface area contributed by atoms with Gasteiger partial charge in [-0.15, -0.1) is 10.2 Å². The van der Waals surface area contributed by atoms with Gasteiger partial charge in [0.05, 0.1) is 17.0 Å². The molecule has 33 heavy (non-hydrogen) atoms. The Labute approximate surface area is 197 Å². The van der Waals surface area contributed by atoms with Crippen molar-refractivity contribution in [2.45, 2.75) is 19.9 Å². The van der Waals surface area contributed by atoms with E-state index >= 15 is 0 Å². The normalized spacial score (nSPS) is 15.2. The van der Waals surface area contributed by atoms with E-state index in [1.165, 1.54) is 16.2 Å². The average molecular weight is 480 g/mol. The fourth-order valence-electron chi connectivity index (χ4n) is 3.89. The molecule has 5 rings (SSSR count). The van der Waals surface area contributed by atoms with E-state index in [2.05, 4.69) is 16.8 Å². The van der Waals surface area contributed by atoms with Crippen LogP contribution in [0, 0.1) is 13.8 Å². The largest absolute Gasteiger partial charge is 0.490 e. The molecule has 0 N–H and O–H groups in total. The van der Waals surface area contributed by atoms with Crippen molar-refractivity contribution in [3.8, 4) is 5.75 Å². The number of anilines is 1. The van der Waals surface area contributed by atoms with Gasteiger partial charge in [0.25, 0.3) is 5.91 Å². The third-order valence-corrected chi connectivity index (χ3v) is 6.68. The van der Waals surface area contributed by atoms with Crippen LogP contribution in [0.2, 0.25) is 5.02 Å². The summed E-state index contributed by atoms with van der Waals surface area (Å²) in [6.45, 7) is 7.63. The number of halogens is 1. The summed E-state index contributed by atoms with van der Waals surface area (Å²) < 4.78 is 11.6. The fraction of sp³-hybridized carbons (Fsp3) is 0.167. The molecule has 0 bridgehead atoms. The van der Waals surface area contributed by atoms with E-state index in [1.807, 2.05) is 19.1 Å². The number of ether oxygens (including phenoxy) is 1. The minimum absolute atomic E-state index is 0.000871. The lowest BCUT2D eigenvalue weighted by Crippen LogP contribution is -2.29. The maximum absolute atomic E-state index is 13.6. The Kier molecular flexibility index (Phi) is 5.26. The van der Waals surface area contributed by atoms with Gasteiger partial charge in [-0.3, -0.25) is 14.5 Å². The summed E-state index contributed by atoms with van der Waals surface area (Å²) in [5.41, 5.74) is 1.73. The number of benzene rings is 2. The molecule has 1 amide bonds. The van der Waals surface area contributed by atoms with E-state index in [-0.39, 0.29) is 16.8 Å². The predicted molar refractivity (Wildman–Crippen MR) is 128 cm³/mol. The van der Waals surface area contributed by atoms with Crippen LogP contribution in [0.3, 0.4) is 0 Å². The molecular weight excluding hydrogens is 462 g/mol. The zero-order valence-corrected chi connectivity index (χ0v) is 19.4. The number of amides is 1. The Balaban J connectivity index is 1.73. The van der Waals surface area contributed by atoms with Gasteiger partial charge in [-0.05, 0) is 49.2 Å². The van der Waals surface area contributed by atoms with E-state index in [1.54, 1.807) is 37.3 Å². The Morgan fingerprint density at radius 3 is 2.64 bits per heavy atom. The van der Waals surface area contributed by atoms with Crippen molar-refractivity contribution in [2.24, 2.45) is 0 Å². The van der Waals surface area contributed by atoms with Gasteiger partial charge in [-0.1, -0.05) is 47.7 Å². The van der Waals surface area contributed by atoms with Gasteiger partial charge in [-0.25, -0.2) is 0 Å². The number of hydrogen-bond acceptors (Lipinski definition) is 7. The predicted octanol–water partition coefficient (Wildman–Crippen LogP) is 5.23. The number of carbonyl (C=O) groups excluding carboxylic acids is 1. The van der Waals surface area contributed by atoms with Gasteiger partial charge < -0.3 is 9.15 Å². The van der Waals surface area contributed by atoms with Gasteiger partial charge in [0.2, 0.25) is 10.9 Å². The topological polar surface area (TPSA) is 85.5 Å². The van der Waals surface area contributed by atoms with Gasteiger partial charge in [-0.2, -0.15) is 0 Å². The first-order chi connectivity index (χ1) is 15.9. The smallest absolute Gasteiger partial charge is 0.297 e. The first-order valence-electron chi connectivity index (χ1n) is 10.1. The second-order valence-corrected chi connectivity index (χ2v) is 9.19. The lowest BCUT2D eigenvalue weighted by Gasteiger charge is -2.22. The van der Waals surface area contributed by atoms with Crippen LogP contribution in [0.25, 0.3) is 11.0 Å². The molecule has 0 spiro atoms. The summed E-state index contributed by atoms with van der Waals surface area (Å²) in [5.74, 6) is 0.207. The van der Waals surface area contributed by atoms with Crippen molar-refractivity contribution in [3.63, 3.8) is 0 Å². The molecule has 0 saturated heterocycles. The van der Waals surface area contributed by atoms with Crippen molar-refractivity contribution in [3.05, 3.63) is 91.8 Å². The Bertz CT molecular complexity index is 1480. The minimum atomic E-state index is -0.728. The van der Waals surface area contributed by atoms with E-state index in [0.29, 0.717) is 44.1 Å². The van der Waals surface area contributed by atoms with Gasteiger partial charge in [0, 0.05) is 5.02 Å². The number of hydrogen-bond donors (Lipinski definition) is 0. The Morgan fingerprint density at radius 2 is 1.97 bits per heavy atom. The third kappa shape index (κ3) is 3.51. The highest BCUT2D eigenvalue weighted by Gasteiger charge is 2.45. The monoisotopic (exact) mass is 479 g/mol. The molecule has 2 aromatic carbocycles. The molecule has 0 radical (unpaired) electrons. The number of carbonyl (C=O) groups is 1. The number of aromatic nitrogens is 2. The van der Waals surface area contributed by atoms with Gasteiger partial charge in [0.15, 0.2) is 5.43 Å². The second kappa shape index (κ2) is 8.13. The van der Waals surface area contributed by atoms with E-state index in [9.17, 15) is 9.59 Å². The molecule has 0 saturated carbocycles. The van der Waals surface area contributed by atoms with Crippen LogP contribution in [0.1, 0.15) is 38.3 Å². The summed E-state index contributed by atoms with van der Waals surface area (Å²) in [5, 5.41) is 10.1. The van der Waals surface area contributed by atoms with Crippen LogP contribution in [0.15, 0.2) is 58.3 Å². The van der Waals surface area contributed by atoms with Crippen molar-refractivity contribution in [2.75, 3.05) is 11.5 Å². The van der Waals surface area contributed by atoms with Gasteiger partial charge in [0.1, 0.15) is 22.9 Å². The van der Waals surface area contributed by atoms with Crippen LogP contribution >= 0.6 is 22.9 Å². The van der Waals surface area contributed by atoms with Crippen LogP contribution in [-0.2, 0) is 0 Å². The molecule has 0 fully saturated rings. The number of aryl methyl sites for hydroxylation is 2. The number of rotatable bonds is 5. The molecule has 1 aliphatic rings. The van der Waals surface area contributed by atoms with E-state index in [4.69, 9.17) is 20.8 Å². The molecular formula is C24H18ClN3O4S. The Morgan fingerprint density at radius 1 is 1.21 bits per heavy atom. The Hall–Kier alpha value is -3.49. The highest BCUT2D eigenvalue weighted by molar-refractivity contribution is 7.15. The molecule has 4 aromatic rings. The minimum Gasteiger partial charge on any atom is -0.490 e. The van der Waals surface area contributed by atoms with Crippen LogP contribution in [-0.4, -0.2) is 22.7 Å².